The lowest BCUT2D eigenvalue weighted by molar-refractivity contribution is -0.385. The number of non-ortho nitro benzene ring substituents is 2. The lowest BCUT2D eigenvalue weighted by Gasteiger charge is -2.45. The standard InChI is InChI=1S/C32H35N5O10S/c1-5-24-26-18(2)28(27(35(26)29(24)38)31(40)46-16-19-6-10-21(11-7-19)36(42)43)48-23-14-25(30(39)33(3)4)34(15-23)32(41)47-17-20-8-12-22(13-9-20)37(44)45/h6-13,18,23-26H,5,14-17H2,1-4H3/t18-,23+,24-,25+,26-/m1/s1. The van der Waals surface area contributed by atoms with E-state index in [4.69, 9.17) is 9.47 Å². The SMILES string of the molecule is CC[C@H]1C(=O)N2C(C(=O)OCc3ccc([N+](=O)[O-])cc3)=C(S[C@H]3C[C@@H](C(=O)N(C)C)N(C(=O)OCc4ccc([N+](=O)[O-])cc4)C3)[C@H](C)[C@H]12. The van der Waals surface area contributed by atoms with Crippen LogP contribution in [-0.4, -0.2) is 86.4 Å². The highest BCUT2D eigenvalue weighted by molar-refractivity contribution is 8.03. The molecule has 5 atom stereocenters. The minimum absolute atomic E-state index is 0.0945. The molecule has 3 aliphatic rings. The zero-order chi connectivity index (χ0) is 34.9. The van der Waals surface area contributed by atoms with Crippen molar-refractivity contribution in [3.05, 3.63) is 90.5 Å². The summed E-state index contributed by atoms with van der Waals surface area (Å²) in [7, 11) is 3.18. The van der Waals surface area contributed by atoms with Crippen molar-refractivity contribution in [1.29, 1.82) is 0 Å². The van der Waals surface area contributed by atoms with E-state index in [9.17, 15) is 39.4 Å². The van der Waals surface area contributed by atoms with Crippen molar-refractivity contribution >= 4 is 47.0 Å². The molecular formula is C32H35N5O10S. The van der Waals surface area contributed by atoms with Crippen molar-refractivity contribution in [3.8, 4) is 0 Å². The van der Waals surface area contributed by atoms with E-state index in [0.717, 1.165) is 0 Å². The topological polar surface area (TPSA) is 183 Å². The van der Waals surface area contributed by atoms with E-state index < -0.39 is 28.0 Å². The summed E-state index contributed by atoms with van der Waals surface area (Å²) in [4.78, 5) is 79.0. The van der Waals surface area contributed by atoms with Gasteiger partial charge >= 0.3 is 12.1 Å². The fourth-order valence-electron chi connectivity index (χ4n) is 6.34. The number of hydrogen-bond donors (Lipinski definition) is 0. The molecule has 254 valence electrons. The molecule has 2 aromatic carbocycles. The Balaban J connectivity index is 1.34. The first kappa shape index (κ1) is 34.3. The molecule has 0 unspecified atom stereocenters. The molecule has 0 bridgehead atoms. The summed E-state index contributed by atoms with van der Waals surface area (Å²) in [6.07, 6.45) is 0.147. The van der Waals surface area contributed by atoms with Gasteiger partial charge in [-0.2, -0.15) is 0 Å². The van der Waals surface area contributed by atoms with E-state index in [1.165, 1.54) is 75.0 Å². The van der Waals surface area contributed by atoms with Gasteiger partial charge in [0.2, 0.25) is 11.8 Å². The highest BCUT2D eigenvalue weighted by atomic mass is 32.2. The van der Waals surface area contributed by atoms with E-state index in [-0.39, 0.29) is 78.2 Å². The number of amides is 3. The number of hydrogen-bond acceptors (Lipinski definition) is 11. The van der Waals surface area contributed by atoms with E-state index in [2.05, 4.69) is 0 Å². The number of nitro groups is 2. The van der Waals surface area contributed by atoms with Crippen molar-refractivity contribution in [3.63, 3.8) is 0 Å². The number of likely N-dealkylation sites (tertiary alicyclic amines) is 1. The molecule has 0 N–H and O–H groups in total. The van der Waals surface area contributed by atoms with E-state index in [0.29, 0.717) is 22.5 Å². The molecule has 5 rings (SSSR count). The second kappa shape index (κ2) is 14.0. The summed E-state index contributed by atoms with van der Waals surface area (Å²) in [5.74, 6) is -1.63. The smallest absolute Gasteiger partial charge is 0.410 e. The molecule has 0 saturated carbocycles. The van der Waals surface area contributed by atoms with Gasteiger partial charge in [0.1, 0.15) is 25.0 Å². The molecule has 0 spiro atoms. The third-order valence-corrected chi connectivity index (χ3v) is 10.3. The lowest BCUT2D eigenvalue weighted by atomic mass is 9.81. The number of benzene rings is 2. The Morgan fingerprint density at radius 2 is 1.48 bits per heavy atom. The molecule has 2 aromatic rings. The van der Waals surface area contributed by atoms with Gasteiger partial charge in [-0.25, -0.2) is 9.59 Å². The Bertz CT molecular complexity index is 1660. The van der Waals surface area contributed by atoms with Crippen LogP contribution in [0.15, 0.2) is 59.1 Å². The first-order valence-electron chi connectivity index (χ1n) is 15.3. The number of carbonyl (C=O) groups excluding carboxylic acids is 4. The van der Waals surface area contributed by atoms with Gasteiger partial charge in [-0.05, 0) is 48.2 Å². The quantitative estimate of drug-likeness (QED) is 0.143. The zero-order valence-corrected chi connectivity index (χ0v) is 27.6. The van der Waals surface area contributed by atoms with Crippen LogP contribution in [0.3, 0.4) is 0 Å². The summed E-state index contributed by atoms with van der Waals surface area (Å²) in [5, 5.41) is 21.6. The number of rotatable bonds is 11. The summed E-state index contributed by atoms with van der Waals surface area (Å²) in [6.45, 7) is 3.68. The van der Waals surface area contributed by atoms with Crippen LogP contribution in [0.4, 0.5) is 16.2 Å². The number of ether oxygens (including phenoxy) is 2. The minimum atomic E-state index is -0.834. The number of fused-ring (bicyclic) bond motifs is 1. The molecule has 15 nitrogen and oxygen atoms in total. The van der Waals surface area contributed by atoms with Crippen LogP contribution in [0.1, 0.15) is 37.8 Å². The molecule has 16 heteroatoms. The molecule has 0 radical (unpaired) electrons. The third-order valence-electron chi connectivity index (χ3n) is 8.84. The van der Waals surface area contributed by atoms with Crippen LogP contribution in [0, 0.1) is 32.1 Å². The summed E-state index contributed by atoms with van der Waals surface area (Å²) in [5.41, 5.74) is 1.03. The molecule has 3 aliphatic heterocycles. The predicted octanol–water partition coefficient (Wildman–Crippen LogP) is 4.25. The Kier molecular flexibility index (Phi) is 10.0. The summed E-state index contributed by atoms with van der Waals surface area (Å²) >= 11 is 1.35. The van der Waals surface area contributed by atoms with Crippen molar-refractivity contribution in [2.45, 2.75) is 57.2 Å². The first-order valence-corrected chi connectivity index (χ1v) is 16.2. The second-order valence-corrected chi connectivity index (χ2v) is 13.4. The highest BCUT2D eigenvalue weighted by Gasteiger charge is 2.58. The maximum atomic E-state index is 13.6. The second-order valence-electron chi connectivity index (χ2n) is 12.1. The average Bonchev–Trinajstić information content (AvgIpc) is 3.59. The van der Waals surface area contributed by atoms with Gasteiger partial charge in [0.25, 0.3) is 11.4 Å². The monoisotopic (exact) mass is 681 g/mol. The van der Waals surface area contributed by atoms with E-state index >= 15 is 0 Å². The maximum Gasteiger partial charge on any atom is 0.410 e. The summed E-state index contributed by atoms with van der Waals surface area (Å²) < 4.78 is 11.1. The molecule has 2 saturated heterocycles. The van der Waals surface area contributed by atoms with Gasteiger partial charge in [-0.1, -0.05) is 13.8 Å². The molecular weight excluding hydrogens is 646 g/mol. The van der Waals surface area contributed by atoms with Crippen molar-refractivity contribution in [2.24, 2.45) is 11.8 Å². The normalized spacial score (nSPS) is 23.0. The number of carbonyl (C=O) groups is 4. The molecule has 2 fully saturated rings. The van der Waals surface area contributed by atoms with Crippen LogP contribution in [0.5, 0.6) is 0 Å². The number of nitrogens with zero attached hydrogens (tertiary/aromatic N) is 5. The number of likely N-dealkylation sites (N-methyl/N-ethyl adjacent to an activating group) is 1. The number of esters is 1. The van der Waals surface area contributed by atoms with Gasteiger partial charge in [0, 0.05) is 61.0 Å². The van der Waals surface area contributed by atoms with Gasteiger partial charge in [-0.3, -0.25) is 34.7 Å². The summed E-state index contributed by atoms with van der Waals surface area (Å²) in [6, 6.07) is 10.2. The predicted molar refractivity (Wildman–Crippen MR) is 172 cm³/mol. The molecule has 3 heterocycles. The Hall–Kier alpha value is -4.99. The van der Waals surface area contributed by atoms with Crippen LogP contribution >= 0.6 is 11.8 Å². The Morgan fingerprint density at radius 1 is 0.938 bits per heavy atom. The Labute approximate surface area is 280 Å². The van der Waals surface area contributed by atoms with Gasteiger partial charge in [0.15, 0.2) is 0 Å². The molecule has 48 heavy (non-hydrogen) atoms. The van der Waals surface area contributed by atoms with E-state index in [1.807, 2.05) is 13.8 Å². The third kappa shape index (κ3) is 6.70. The molecule has 0 aliphatic carbocycles. The Morgan fingerprint density at radius 3 is 1.98 bits per heavy atom. The minimum Gasteiger partial charge on any atom is -0.456 e. The van der Waals surface area contributed by atoms with Crippen LogP contribution in [-0.2, 0) is 37.1 Å². The fraction of sp³-hybridized carbons (Fsp3) is 0.438. The maximum absolute atomic E-state index is 13.6. The number of thioether (sulfide) groups is 1. The molecule has 3 amide bonds. The van der Waals surface area contributed by atoms with Crippen LogP contribution in [0.25, 0.3) is 0 Å². The van der Waals surface area contributed by atoms with Crippen molar-refractivity contribution < 1.29 is 38.5 Å². The zero-order valence-electron chi connectivity index (χ0n) is 26.8. The van der Waals surface area contributed by atoms with Crippen molar-refractivity contribution in [2.75, 3.05) is 20.6 Å². The van der Waals surface area contributed by atoms with Crippen LogP contribution in [0.2, 0.25) is 0 Å². The van der Waals surface area contributed by atoms with Crippen molar-refractivity contribution in [1.82, 2.24) is 14.7 Å². The highest BCUT2D eigenvalue weighted by Crippen LogP contribution is 2.52. The number of β-lactam (4-membered cyclic amide) rings is 1. The largest absolute Gasteiger partial charge is 0.456 e. The van der Waals surface area contributed by atoms with Crippen LogP contribution < -0.4 is 0 Å². The lowest BCUT2D eigenvalue weighted by Crippen LogP contribution is -2.60. The average molecular weight is 682 g/mol. The first-order chi connectivity index (χ1) is 22.8. The van der Waals surface area contributed by atoms with Gasteiger partial charge in [-0.15, -0.1) is 11.8 Å². The van der Waals surface area contributed by atoms with Gasteiger partial charge in [0.05, 0.1) is 21.8 Å². The van der Waals surface area contributed by atoms with E-state index in [1.54, 1.807) is 14.1 Å². The van der Waals surface area contributed by atoms with Gasteiger partial charge < -0.3 is 19.3 Å². The molecule has 0 aromatic heterocycles. The fourth-order valence-corrected chi connectivity index (χ4v) is 7.86. The number of nitro benzene ring substituents is 2.